The Balaban J connectivity index is 1.73. The van der Waals surface area contributed by atoms with Crippen molar-refractivity contribution in [3.63, 3.8) is 0 Å². The molecule has 19 heteroatoms. The summed E-state index contributed by atoms with van der Waals surface area (Å²) in [7, 11) is 0. The Kier molecular flexibility index (Phi) is 9.87. The fourth-order valence-electron chi connectivity index (χ4n) is 5.11. The van der Waals surface area contributed by atoms with Crippen LogP contribution in [0, 0.1) is 0 Å². The molecule has 0 saturated carbocycles. The average Bonchev–Trinajstić information content (AvgIpc) is 2.99. The van der Waals surface area contributed by atoms with Gasteiger partial charge in [0.05, 0.1) is 18.2 Å². The summed E-state index contributed by atoms with van der Waals surface area (Å²) in [5.41, 5.74) is 3.58. The molecule has 18 nitrogen and oxygen atoms in total. The number of aliphatic hydroxyl groups is 3. The summed E-state index contributed by atoms with van der Waals surface area (Å²) in [6.45, 7) is 0.893. The first-order chi connectivity index (χ1) is 20.3. The molecule has 4 aliphatic heterocycles. The third kappa shape index (κ3) is 6.58. The molecular weight excluding hydrogens is 596 g/mol. The molecule has 0 bridgehead atoms. The fraction of sp³-hybridized carbons (Fsp3) is 0.708. The van der Waals surface area contributed by atoms with Gasteiger partial charge in [0.2, 0.25) is 11.8 Å². The highest BCUT2D eigenvalue weighted by Gasteiger charge is 2.47. The molecule has 0 aromatic carbocycles. The number of hydrazine groups is 2. The Morgan fingerprint density at radius 2 is 1.77 bits per heavy atom. The first-order valence-electron chi connectivity index (χ1n) is 13.7. The number of carbonyl (C=O) groups excluding carboxylic acids is 6. The van der Waals surface area contributed by atoms with Gasteiger partial charge in [-0.15, -0.1) is 11.6 Å². The summed E-state index contributed by atoms with van der Waals surface area (Å²) in [4.78, 5) is 80.1. The van der Waals surface area contributed by atoms with Gasteiger partial charge < -0.3 is 30.7 Å². The lowest BCUT2D eigenvalue weighted by molar-refractivity contribution is -0.166. The van der Waals surface area contributed by atoms with Crippen LogP contribution in [-0.4, -0.2) is 146 Å². The molecule has 4 rings (SSSR count). The lowest BCUT2D eigenvalue weighted by Crippen LogP contribution is -2.70. The number of rotatable bonds is 1. The van der Waals surface area contributed by atoms with Gasteiger partial charge in [0, 0.05) is 13.1 Å². The van der Waals surface area contributed by atoms with E-state index >= 15 is 0 Å². The molecule has 3 saturated heterocycles. The van der Waals surface area contributed by atoms with Crippen molar-refractivity contribution in [2.45, 2.75) is 80.4 Å². The van der Waals surface area contributed by atoms with Crippen molar-refractivity contribution < 1.29 is 48.8 Å². The number of hydrogen-bond acceptors (Lipinski definition) is 13. The number of hydrazone groups is 1. The number of fused-ring (bicyclic) bond motifs is 3. The van der Waals surface area contributed by atoms with Gasteiger partial charge in [-0.3, -0.25) is 34.0 Å². The second-order valence-electron chi connectivity index (χ2n) is 10.9. The summed E-state index contributed by atoms with van der Waals surface area (Å²) in [6.07, 6.45) is -2.11. The SMILES string of the molecule is CC1NC(=O)C2C(O)C(O)C=NN2C(=O)COC(=O)C(C)(CO)NC(=O)C2CCCNN2C(=O)C2CC(Cl)CNN2C1=O. The maximum atomic E-state index is 13.9. The molecule has 3 fully saturated rings. The average molecular weight is 631 g/mol. The third-order valence-corrected chi connectivity index (χ3v) is 7.94. The van der Waals surface area contributed by atoms with Crippen molar-refractivity contribution in [3.8, 4) is 0 Å². The zero-order valence-electron chi connectivity index (χ0n) is 23.4. The minimum atomic E-state index is -2.06. The Labute approximate surface area is 250 Å². The van der Waals surface area contributed by atoms with E-state index in [9.17, 15) is 44.1 Å². The molecule has 8 atom stereocenters. The van der Waals surface area contributed by atoms with E-state index in [-0.39, 0.29) is 19.4 Å². The van der Waals surface area contributed by atoms with E-state index in [0.29, 0.717) is 18.0 Å². The quantitative estimate of drug-likeness (QED) is 0.106. The van der Waals surface area contributed by atoms with E-state index in [1.807, 2.05) is 0 Å². The number of esters is 1. The Morgan fingerprint density at radius 3 is 2.47 bits per heavy atom. The van der Waals surface area contributed by atoms with Crippen molar-refractivity contribution in [2.24, 2.45) is 5.10 Å². The number of hydrogen-bond donors (Lipinski definition) is 7. The Hall–Kier alpha value is -3.42. The highest BCUT2D eigenvalue weighted by molar-refractivity contribution is 6.21. The van der Waals surface area contributed by atoms with Gasteiger partial charge in [0.15, 0.2) is 18.2 Å². The summed E-state index contributed by atoms with van der Waals surface area (Å²) < 4.78 is 5.04. The summed E-state index contributed by atoms with van der Waals surface area (Å²) >= 11 is 6.33. The van der Waals surface area contributed by atoms with E-state index in [4.69, 9.17) is 16.3 Å². The highest BCUT2D eigenvalue weighted by atomic mass is 35.5. The minimum absolute atomic E-state index is 0.0163. The second kappa shape index (κ2) is 13.1. The number of halogens is 1. The molecule has 4 heterocycles. The highest BCUT2D eigenvalue weighted by Crippen LogP contribution is 2.23. The van der Waals surface area contributed by atoms with E-state index in [1.54, 1.807) is 0 Å². The lowest BCUT2D eigenvalue weighted by Gasteiger charge is -2.43. The van der Waals surface area contributed by atoms with E-state index < -0.39 is 96.0 Å². The molecule has 4 aliphatic rings. The standard InChI is InChI=1S/C24H35ClN8O10/c1-11-21(40)32-14(6-12(25)7-27-32)22(41)31-13(4-3-5-26-31)19(38)30-24(2,10-34)23(42)43-9-16(36)33-17(20(39)29-11)18(37)15(35)8-28-33/h8,11-15,17-18,26-27,34-35,37H,3-7,9-10H2,1-2H3,(H,29,39)(H,30,38). The molecule has 0 aliphatic carbocycles. The number of cyclic esters (lactones) is 1. The number of ether oxygens (including phenoxy) is 1. The maximum Gasteiger partial charge on any atom is 0.334 e. The van der Waals surface area contributed by atoms with Crippen molar-refractivity contribution in [1.82, 2.24) is 36.5 Å². The topological polar surface area (TPSA) is 243 Å². The first kappa shape index (κ1) is 32.5. The molecule has 5 amide bonds. The van der Waals surface area contributed by atoms with Gasteiger partial charge in [-0.2, -0.15) is 5.10 Å². The summed E-state index contributed by atoms with van der Waals surface area (Å²) in [5.74, 6) is -5.68. The van der Waals surface area contributed by atoms with Gasteiger partial charge >= 0.3 is 5.97 Å². The summed E-state index contributed by atoms with van der Waals surface area (Å²) in [6, 6.07) is -5.57. The van der Waals surface area contributed by atoms with Crippen molar-refractivity contribution in [3.05, 3.63) is 0 Å². The van der Waals surface area contributed by atoms with E-state index in [1.165, 1.54) is 6.92 Å². The van der Waals surface area contributed by atoms with Gasteiger partial charge in [-0.25, -0.2) is 20.7 Å². The molecule has 43 heavy (non-hydrogen) atoms. The Morgan fingerprint density at radius 1 is 1.07 bits per heavy atom. The zero-order valence-corrected chi connectivity index (χ0v) is 24.2. The fourth-order valence-corrected chi connectivity index (χ4v) is 5.34. The van der Waals surface area contributed by atoms with Crippen LogP contribution in [0.4, 0.5) is 0 Å². The molecule has 8 unspecified atom stereocenters. The number of carbonyl (C=O) groups is 6. The molecule has 0 aromatic rings. The van der Waals surface area contributed by atoms with Crippen LogP contribution in [0.1, 0.15) is 33.1 Å². The maximum absolute atomic E-state index is 13.9. The number of alkyl halides is 1. The van der Waals surface area contributed by atoms with Gasteiger partial charge in [0.25, 0.3) is 17.7 Å². The van der Waals surface area contributed by atoms with Gasteiger partial charge in [-0.1, -0.05) is 0 Å². The molecule has 0 spiro atoms. The molecular formula is C24H35ClN8O10. The monoisotopic (exact) mass is 630 g/mol. The predicted molar refractivity (Wildman–Crippen MR) is 144 cm³/mol. The van der Waals surface area contributed by atoms with Crippen LogP contribution in [0.3, 0.4) is 0 Å². The Bertz CT molecular complexity index is 1190. The van der Waals surface area contributed by atoms with Crippen LogP contribution in [0.2, 0.25) is 0 Å². The molecule has 238 valence electrons. The number of nitrogens with one attached hydrogen (secondary N) is 4. The molecule has 7 N–H and O–H groups in total. The largest absolute Gasteiger partial charge is 0.454 e. The van der Waals surface area contributed by atoms with Crippen LogP contribution in [-0.2, 0) is 33.5 Å². The van der Waals surface area contributed by atoms with Gasteiger partial charge in [-0.05, 0) is 33.1 Å². The van der Waals surface area contributed by atoms with Crippen LogP contribution in [0.15, 0.2) is 5.10 Å². The first-order valence-corrected chi connectivity index (χ1v) is 14.1. The van der Waals surface area contributed by atoms with Crippen molar-refractivity contribution >= 4 is 53.3 Å². The molecule has 0 aromatic heterocycles. The number of amides is 5. The van der Waals surface area contributed by atoms with Crippen molar-refractivity contribution in [2.75, 3.05) is 26.3 Å². The van der Waals surface area contributed by atoms with Crippen LogP contribution < -0.4 is 21.5 Å². The third-order valence-electron chi connectivity index (χ3n) is 7.61. The van der Waals surface area contributed by atoms with E-state index in [0.717, 1.165) is 23.2 Å². The lowest BCUT2D eigenvalue weighted by atomic mass is 9.99. The van der Waals surface area contributed by atoms with Crippen LogP contribution in [0.5, 0.6) is 0 Å². The number of aliphatic hydroxyl groups excluding tert-OH is 3. The summed E-state index contributed by atoms with van der Waals surface area (Å²) in [5, 5.41) is 41.1. The van der Waals surface area contributed by atoms with Gasteiger partial charge in [0.1, 0.15) is 30.3 Å². The number of nitrogens with zero attached hydrogens (tertiary/aromatic N) is 4. The molecule has 0 radical (unpaired) electrons. The minimum Gasteiger partial charge on any atom is -0.454 e. The van der Waals surface area contributed by atoms with E-state index in [2.05, 4.69) is 26.6 Å². The predicted octanol–water partition coefficient (Wildman–Crippen LogP) is -4.96. The normalized spacial score (nSPS) is 36.9. The van der Waals surface area contributed by atoms with Crippen LogP contribution in [0.25, 0.3) is 0 Å². The van der Waals surface area contributed by atoms with Crippen molar-refractivity contribution in [1.29, 1.82) is 0 Å². The smallest absolute Gasteiger partial charge is 0.334 e. The zero-order chi connectivity index (χ0) is 31.6. The second-order valence-corrected chi connectivity index (χ2v) is 11.5. The van der Waals surface area contributed by atoms with Crippen LogP contribution >= 0.6 is 11.6 Å².